The first-order valence-electron chi connectivity index (χ1n) is 9.33. The first kappa shape index (κ1) is 30.8. The Bertz CT molecular complexity index is 1190. The number of nitro groups is 1. The van der Waals surface area contributed by atoms with E-state index in [0.29, 0.717) is 33.5 Å². The van der Waals surface area contributed by atoms with Crippen molar-refractivity contribution in [1.82, 2.24) is 0 Å². The molecule has 0 heterocycles. The summed E-state index contributed by atoms with van der Waals surface area (Å²) in [4.78, 5) is 11.5. The summed E-state index contributed by atoms with van der Waals surface area (Å²) in [5, 5.41) is 11.6. The van der Waals surface area contributed by atoms with Gasteiger partial charge in [-0.3, -0.25) is 19.2 Å². The molecule has 0 saturated heterocycles. The van der Waals surface area contributed by atoms with Crippen LogP contribution in [0.15, 0.2) is 46.2 Å². The van der Waals surface area contributed by atoms with Gasteiger partial charge >= 0.3 is 0 Å². The topological polar surface area (TPSA) is 178 Å². The van der Waals surface area contributed by atoms with Crippen molar-refractivity contribution in [3.63, 3.8) is 0 Å². The highest BCUT2D eigenvalue weighted by Crippen LogP contribution is 2.32. The molecule has 0 aliphatic heterocycles. The maximum atomic E-state index is 10.8. The predicted octanol–water partition coefficient (Wildman–Crippen LogP) is 4.91. The van der Waals surface area contributed by atoms with Crippen molar-refractivity contribution in [2.24, 2.45) is 0 Å². The molecular formula is C18H22Cl2N2O8S4. The third kappa shape index (κ3) is 13.6. The fourth-order valence-corrected chi connectivity index (χ4v) is 5.84. The Morgan fingerprint density at radius 1 is 0.853 bits per heavy atom. The minimum absolute atomic E-state index is 0.112. The number of nitrogen functional groups attached to an aromatic ring is 1. The Morgan fingerprint density at radius 2 is 1.29 bits per heavy atom. The molecule has 2 aromatic carbocycles. The van der Waals surface area contributed by atoms with Gasteiger partial charge in [-0.1, -0.05) is 23.2 Å². The molecule has 0 aliphatic carbocycles. The van der Waals surface area contributed by atoms with Crippen molar-refractivity contribution in [2.45, 2.75) is 22.6 Å². The third-order valence-electron chi connectivity index (χ3n) is 3.70. The molecular weight excluding hydrogens is 571 g/mol. The van der Waals surface area contributed by atoms with E-state index in [-0.39, 0.29) is 28.6 Å². The molecule has 0 amide bonds. The van der Waals surface area contributed by atoms with Crippen LogP contribution in [0.25, 0.3) is 0 Å². The molecule has 0 fully saturated rings. The van der Waals surface area contributed by atoms with Crippen molar-refractivity contribution < 1.29 is 30.9 Å². The van der Waals surface area contributed by atoms with Crippen molar-refractivity contribution in [3.8, 4) is 0 Å². The van der Waals surface area contributed by atoms with Gasteiger partial charge in [-0.05, 0) is 54.7 Å². The van der Waals surface area contributed by atoms with Crippen molar-refractivity contribution in [2.75, 3.05) is 28.7 Å². The van der Waals surface area contributed by atoms with E-state index in [0.717, 1.165) is 16.7 Å². The van der Waals surface area contributed by atoms with Gasteiger partial charge in [-0.25, -0.2) is 0 Å². The first-order chi connectivity index (χ1) is 15.7. The average molecular weight is 594 g/mol. The lowest BCUT2D eigenvalue weighted by atomic mass is 10.3. The van der Waals surface area contributed by atoms with Gasteiger partial charge < -0.3 is 5.73 Å². The fraction of sp³-hybridized carbons (Fsp3) is 0.333. The third-order valence-corrected chi connectivity index (χ3v) is 8.10. The highest BCUT2D eigenvalue weighted by molar-refractivity contribution is 7.99. The van der Waals surface area contributed by atoms with E-state index in [4.69, 9.17) is 38.0 Å². The summed E-state index contributed by atoms with van der Waals surface area (Å²) in [6, 6.07) is 9.44. The van der Waals surface area contributed by atoms with Gasteiger partial charge in [0, 0.05) is 26.7 Å². The van der Waals surface area contributed by atoms with Crippen LogP contribution in [0, 0.1) is 10.1 Å². The van der Waals surface area contributed by atoms with Crippen LogP contribution >= 0.6 is 46.7 Å². The van der Waals surface area contributed by atoms with Crippen molar-refractivity contribution in [1.29, 1.82) is 0 Å². The molecule has 0 bridgehead atoms. The lowest BCUT2D eigenvalue weighted by Gasteiger charge is -2.04. The highest BCUT2D eigenvalue weighted by Gasteiger charge is 2.15. The standard InChI is InChI=1S/C9H10ClNO5S2.C9H12ClNO3S2/c10-7-2-3-9(8(6-7)11(12)13)17-4-1-5-18(14,15)16;10-7-2-3-9(8(11)6-7)15-4-1-5-16(12,13)14/h2-3,6H,1,4-5H2,(H,14,15,16);2-3,6H,1,4-5,11H2,(H,12,13,14). The van der Waals surface area contributed by atoms with Crippen LogP contribution in [0.1, 0.15) is 12.8 Å². The molecule has 0 unspecified atom stereocenters. The monoisotopic (exact) mass is 592 g/mol. The minimum atomic E-state index is -3.98. The van der Waals surface area contributed by atoms with Gasteiger partial charge in [0.1, 0.15) is 0 Å². The number of nitrogens with two attached hydrogens (primary N) is 1. The summed E-state index contributed by atoms with van der Waals surface area (Å²) in [5.41, 5.74) is 6.18. The summed E-state index contributed by atoms with van der Waals surface area (Å²) in [5.74, 6) is 0.336. The minimum Gasteiger partial charge on any atom is -0.398 e. The molecule has 0 saturated carbocycles. The van der Waals surface area contributed by atoms with Crippen LogP contribution in [-0.4, -0.2) is 53.9 Å². The van der Waals surface area contributed by atoms with Crippen LogP contribution in [0.4, 0.5) is 11.4 Å². The zero-order valence-corrected chi connectivity index (χ0v) is 22.2. The molecule has 0 aliphatic rings. The maximum Gasteiger partial charge on any atom is 0.284 e. The van der Waals surface area contributed by atoms with Crippen LogP contribution in [0.2, 0.25) is 10.0 Å². The lowest BCUT2D eigenvalue weighted by molar-refractivity contribution is -0.387. The lowest BCUT2D eigenvalue weighted by Crippen LogP contribution is -2.04. The number of halogens is 2. The van der Waals surface area contributed by atoms with Crippen LogP contribution in [0.3, 0.4) is 0 Å². The molecule has 16 heteroatoms. The number of hydrogen-bond acceptors (Lipinski definition) is 9. The molecule has 10 nitrogen and oxygen atoms in total. The average Bonchev–Trinajstić information content (AvgIpc) is 2.69. The molecule has 34 heavy (non-hydrogen) atoms. The number of benzene rings is 2. The molecule has 0 spiro atoms. The molecule has 2 rings (SSSR count). The Hall–Kier alpha value is -1.26. The van der Waals surface area contributed by atoms with Gasteiger partial charge in [0.05, 0.1) is 21.3 Å². The smallest absolute Gasteiger partial charge is 0.284 e. The molecule has 0 radical (unpaired) electrons. The summed E-state index contributed by atoms with van der Waals surface area (Å²) in [7, 11) is -7.84. The number of nitrogens with zero attached hydrogens (tertiary/aromatic N) is 1. The van der Waals surface area contributed by atoms with E-state index in [9.17, 15) is 26.9 Å². The zero-order chi connectivity index (χ0) is 25.9. The Balaban J connectivity index is 0.000000342. The van der Waals surface area contributed by atoms with Gasteiger partial charge in [0.25, 0.3) is 25.9 Å². The number of nitro benzene ring substituents is 1. The Morgan fingerprint density at radius 3 is 1.74 bits per heavy atom. The van der Waals surface area contributed by atoms with Crippen LogP contribution in [-0.2, 0) is 20.2 Å². The van der Waals surface area contributed by atoms with E-state index in [1.807, 2.05) is 0 Å². The number of anilines is 1. The normalized spacial score (nSPS) is 11.5. The summed E-state index contributed by atoms with van der Waals surface area (Å²) < 4.78 is 58.9. The van der Waals surface area contributed by atoms with Crippen molar-refractivity contribution in [3.05, 3.63) is 56.6 Å². The van der Waals surface area contributed by atoms with Gasteiger partial charge in [-0.2, -0.15) is 16.8 Å². The summed E-state index contributed by atoms with van der Waals surface area (Å²) >= 11 is 14.0. The molecule has 4 N–H and O–H groups in total. The second-order valence-corrected chi connectivity index (χ2v) is 12.8. The van der Waals surface area contributed by atoms with Crippen molar-refractivity contribution >= 4 is 78.3 Å². The summed E-state index contributed by atoms with van der Waals surface area (Å²) in [6.45, 7) is 0. The van der Waals surface area contributed by atoms with E-state index in [1.165, 1.54) is 30.0 Å². The molecule has 0 aromatic heterocycles. The van der Waals surface area contributed by atoms with Crippen LogP contribution < -0.4 is 5.73 Å². The predicted molar refractivity (Wildman–Crippen MR) is 137 cm³/mol. The molecule has 190 valence electrons. The van der Waals surface area contributed by atoms with Gasteiger partial charge in [0.2, 0.25) is 0 Å². The number of hydrogen-bond donors (Lipinski definition) is 3. The van der Waals surface area contributed by atoms with E-state index in [2.05, 4.69) is 0 Å². The van der Waals surface area contributed by atoms with Gasteiger partial charge in [0.15, 0.2) is 0 Å². The molecule has 2 aromatic rings. The van der Waals surface area contributed by atoms with Crippen LogP contribution in [0.5, 0.6) is 0 Å². The first-order valence-corrected chi connectivity index (χ1v) is 15.3. The van der Waals surface area contributed by atoms with E-state index < -0.39 is 25.2 Å². The second-order valence-electron chi connectivity index (χ2n) is 6.53. The zero-order valence-electron chi connectivity index (χ0n) is 17.5. The number of thioether (sulfide) groups is 2. The Kier molecular flexibility index (Phi) is 13.0. The highest BCUT2D eigenvalue weighted by atomic mass is 35.5. The largest absolute Gasteiger partial charge is 0.398 e. The molecule has 0 atom stereocenters. The summed E-state index contributed by atoms with van der Waals surface area (Å²) in [6.07, 6.45) is 0.592. The second kappa shape index (κ2) is 14.3. The van der Waals surface area contributed by atoms with E-state index >= 15 is 0 Å². The quantitative estimate of drug-likeness (QED) is 0.0805. The SMILES string of the molecule is Nc1cc(Cl)ccc1SCCCS(=O)(=O)O.O=[N+]([O-])c1cc(Cl)ccc1SCCCS(=O)(=O)O. The van der Waals surface area contributed by atoms with Gasteiger partial charge in [-0.15, -0.1) is 23.5 Å². The fourth-order valence-electron chi connectivity index (χ4n) is 2.25. The maximum absolute atomic E-state index is 10.8. The van der Waals surface area contributed by atoms with E-state index in [1.54, 1.807) is 18.2 Å². The Labute approximate surface area is 216 Å². The number of rotatable bonds is 11.